The van der Waals surface area contributed by atoms with Gasteiger partial charge in [0.15, 0.2) is 0 Å². The van der Waals surface area contributed by atoms with Crippen molar-refractivity contribution >= 4 is 23.1 Å². The number of anilines is 3. The minimum absolute atomic E-state index is 0.204. The summed E-state index contributed by atoms with van der Waals surface area (Å²) in [6, 6.07) is 12.0. The molecule has 2 aromatic heterocycles. The van der Waals surface area contributed by atoms with Crippen LogP contribution in [0.15, 0.2) is 48.7 Å². The number of halogens is 1. The van der Waals surface area contributed by atoms with Crippen LogP contribution in [0.3, 0.4) is 0 Å². The first kappa shape index (κ1) is 21.7. The standard InChI is InChI=1S/C22H20FN5O2.C2H6/c23-16-4-2-1-3-15(16)17-11-18(21-19(26-17)13-25-22(21)29)27-20-6-5-14(12-24-20)28-7-9-30-10-8-28;1-2/h1-6,11-12H,7-10,13H2,(H,25,29)(H,24,26,27);1-2H3. The summed E-state index contributed by atoms with van der Waals surface area (Å²) in [7, 11) is 0. The molecule has 0 bridgehead atoms. The Morgan fingerprint density at radius 3 is 2.62 bits per heavy atom. The average molecular weight is 436 g/mol. The molecule has 0 saturated carbocycles. The number of pyridine rings is 2. The highest BCUT2D eigenvalue weighted by Crippen LogP contribution is 2.32. The second kappa shape index (κ2) is 9.74. The molecule has 1 fully saturated rings. The maximum Gasteiger partial charge on any atom is 0.255 e. The minimum Gasteiger partial charge on any atom is -0.378 e. The molecule has 0 atom stereocenters. The topological polar surface area (TPSA) is 79.4 Å². The van der Waals surface area contributed by atoms with Gasteiger partial charge in [-0.1, -0.05) is 26.0 Å². The van der Waals surface area contributed by atoms with Gasteiger partial charge in [0.25, 0.3) is 5.91 Å². The molecule has 5 rings (SSSR count). The Morgan fingerprint density at radius 2 is 1.91 bits per heavy atom. The molecule has 0 unspecified atom stereocenters. The van der Waals surface area contributed by atoms with Crippen LogP contribution in [0.25, 0.3) is 11.3 Å². The number of rotatable bonds is 4. The summed E-state index contributed by atoms with van der Waals surface area (Å²) in [6.07, 6.45) is 1.80. The van der Waals surface area contributed by atoms with E-state index in [0.29, 0.717) is 53.8 Å². The number of amides is 1. The second-order valence-corrected chi connectivity index (χ2v) is 7.17. The first-order chi connectivity index (χ1) is 15.7. The molecule has 8 heteroatoms. The van der Waals surface area contributed by atoms with E-state index in [1.807, 2.05) is 26.0 Å². The monoisotopic (exact) mass is 435 g/mol. The Balaban J connectivity index is 0.00000119. The van der Waals surface area contributed by atoms with Gasteiger partial charge < -0.3 is 20.3 Å². The third-order valence-corrected chi connectivity index (χ3v) is 5.27. The van der Waals surface area contributed by atoms with Gasteiger partial charge in [0.2, 0.25) is 0 Å². The van der Waals surface area contributed by atoms with Crippen LogP contribution in [0.1, 0.15) is 29.9 Å². The van der Waals surface area contributed by atoms with Gasteiger partial charge in [0.1, 0.15) is 11.6 Å². The molecule has 1 amide bonds. The third kappa shape index (κ3) is 4.40. The van der Waals surface area contributed by atoms with Crippen molar-refractivity contribution in [2.75, 3.05) is 36.5 Å². The zero-order valence-electron chi connectivity index (χ0n) is 18.2. The SMILES string of the molecule is CC.O=C1NCc2nc(-c3ccccc3F)cc(Nc3ccc(N4CCOCC4)cn3)c21. The number of aromatic nitrogens is 2. The van der Waals surface area contributed by atoms with Crippen LogP contribution in [-0.4, -0.2) is 42.2 Å². The summed E-state index contributed by atoms with van der Waals surface area (Å²) < 4.78 is 19.7. The smallest absolute Gasteiger partial charge is 0.255 e. The van der Waals surface area contributed by atoms with Crippen molar-refractivity contribution < 1.29 is 13.9 Å². The number of ether oxygens (including phenoxy) is 1. The highest BCUT2D eigenvalue weighted by Gasteiger charge is 2.26. The van der Waals surface area contributed by atoms with Gasteiger partial charge in [-0.2, -0.15) is 0 Å². The van der Waals surface area contributed by atoms with Crippen LogP contribution in [-0.2, 0) is 11.3 Å². The summed E-state index contributed by atoms with van der Waals surface area (Å²) in [5.74, 6) is 0.0331. The van der Waals surface area contributed by atoms with E-state index in [1.54, 1.807) is 30.5 Å². The van der Waals surface area contributed by atoms with Gasteiger partial charge in [-0.05, 0) is 30.3 Å². The summed E-state index contributed by atoms with van der Waals surface area (Å²) in [4.78, 5) is 23.6. The fraction of sp³-hybridized carbons (Fsp3) is 0.292. The Hall–Kier alpha value is -3.52. The lowest BCUT2D eigenvalue weighted by Gasteiger charge is -2.28. The normalized spacial score (nSPS) is 14.8. The quantitative estimate of drug-likeness (QED) is 0.642. The van der Waals surface area contributed by atoms with Gasteiger partial charge in [-0.3, -0.25) is 4.79 Å². The van der Waals surface area contributed by atoms with Gasteiger partial charge in [-0.15, -0.1) is 0 Å². The number of hydrogen-bond donors (Lipinski definition) is 2. The molecule has 1 saturated heterocycles. The minimum atomic E-state index is -0.360. The van der Waals surface area contributed by atoms with E-state index in [9.17, 15) is 9.18 Å². The van der Waals surface area contributed by atoms with Crippen LogP contribution >= 0.6 is 0 Å². The molecule has 7 nitrogen and oxygen atoms in total. The maximum atomic E-state index is 14.3. The molecule has 4 heterocycles. The molecule has 3 aromatic rings. The van der Waals surface area contributed by atoms with Gasteiger partial charge >= 0.3 is 0 Å². The van der Waals surface area contributed by atoms with Gasteiger partial charge in [0, 0.05) is 18.7 Å². The predicted octanol–water partition coefficient (Wildman–Crippen LogP) is 4.13. The van der Waals surface area contributed by atoms with Crippen molar-refractivity contribution in [2.24, 2.45) is 0 Å². The number of carbonyl (C=O) groups is 1. The predicted molar refractivity (Wildman–Crippen MR) is 123 cm³/mol. The number of morpholine rings is 1. The fourth-order valence-corrected chi connectivity index (χ4v) is 3.74. The lowest BCUT2D eigenvalue weighted by molar-refractivity contribution is 0.0966. The Labute approximate surface area is 186 Å². The lowest BCUT2D eigenvalue weighted by atomic mass is 10.1. The van der Waals surface area contributed by atoms with E-state index in [-0.39, 0.29) is 11.7 Å². The third-order valence-electron chi connectivity index (χ3n) is 5.27. The van der Waals surface area contributed by atoms with Crippen molar-refractivity contribution in [1.29, 1.82) is 0 Å². The summed E-state index contributed by atoms with van der Waals surface area (Å²) in [5, 5.41) is 6.00. The lowest BCUT2D eigenvalue weighted by Crippen LogP contribution is -2.36. The number of nitrogens with one attached hydrogen (secondary N) is 2. The molecule has 2 aliphatic rings. The highest BCUT2D eigenvalue weighted by molar-refractivity contribution is 6.04. The van der Waals surface area contributed by atoms with E-state index >= 15 is 0 Å². The molecular formula is C24H26FN5O2. The van der Waals surface area contributed by atoms with E-state index in [1.165, 1.54) is 6.07 Å². The van der Waals surface area contributed by atoms with Gasteiger partial charge in [-0.25, -0.2) is 14.4 Å². The molecule has 0 aliphatic carbocycles. The summed E-state index contributed by atoms with van der Waals surface area (Å²) in [6.45, 7) is 7.39. The van der Waals surface area contributed by atoms with Crippen LogP contribution < -0.4 is 15.5 Å². The number of benzene rings is 1. The number of nitrogens with zero attached hydrogens (tertiary/aromatic N) is 3. The summed E-state index contributed by atoms with van der Waals surface area (Å²) in [5.41, 5.74) is 3.49. The second-order valence-electron chi connectivity index (χ2n) is 7.17. The van der Waals surface area contributed by atoms with E-state index in [2.05, 4.69) is 25.5 Å². The van der Waals surface area contributed by atoms with Crippen molar-refractivity contribution in [1.82, 2.24) is 15.3 Å². The van der Waals surface area contributed by atoms with Crippen LogP contribution in [0.5, 0.6) is 0 Å². The number of fused-ring (bicyclic) bond motifs is 1. The Bertz CT molecular complexity index is 1100. The fourth-order valence-electron chi connectivity index (χ4n) is 3.74. The maximum absolute atomic E-state index is 14.3. The first-order valence-corrected chi connectivity index (χ1v) is 10.8. The van der Waals surface area contributed by atoms with Crippen molar-refractivity contribution in [3.05, 3.63) is 65.7 Å². The molecule has 0 spiro atoms. The van der Waals surface area contributed by atoms with Gasteiger partial charge in [0.05, 0.1) is 54.3 Å². The van der Waals surface area contributed by atoms with Crippen molar-refractivity contribution in [2.45, 2.75) is 20.4 Å². The summed E-state index contributed by atoms with van der Waals surface area (Å²) >= 11 is 0. The average Bonchev–Trinajstić information content (AvgIpc) is 3.22. The molecule has 2 N–H and O–H groups in total. The van der Waals surface area contributed by atoms with Crippen molar-refractivity contribution in [3.8, 4) is 11.3 Å². The zero-order chi connectivity index (χ0) is 22.5. The van der Waals surface area contributed by atoms with Crippen LogP contribution in [0, 0.1) is 5.82 Å². The largest absolute Gasteiger partial charge is 0.378 e. The number of carbonyl (C=O) groups excluding carboxylic acids is 1. The van der Waals surface area contributed by atoms with E-state index in [0.717, 1.165) is 18.8 Å². The van der Waals surface area contributed by atoms with Crippen LogP contribution in [0.4, 0.5) is 21.6 Å². The van der Waals surface area contributed by atoms with E-state index < -0.39 is 0 Å². The molecule has 32 heavy (non-hydrogen) atoms. The molecular weight excluding hydrogens is 409 g/mol. The van der Waals surface area contributed by atoms with E-state index in [4.69, 9.17) is 4.74 Å². The Morgan fingerprint density at radius 1 is 1.12 bits per heavy atom. The Kier molecular flexibility index (Phi) is 6.61. The number of hydrogen-bond acceptors (Lipinski definition) is 6. The zero-order valence-corrected chi connectivity index (χ0v) is 18.2. The van der Waals surface area contributed by atoms with Crippen molar-refractivity contribution in [3.63, 3.8) is 0 Å². The molecule has 166 valence electrons. The molecule has 2 aliphatic heterocycles. The molecule has 1 aromatic carbocycles. The molecule has 0 radical (unpaired) electrons. The van der Waals surface area contributed by atoms with Crippen LogP contribution in [0.2, 0.25) is 0 Å². The first-order valence-electron chi connectivity index (χ1n) is 10.8. The highest BCUT2D eigenvalue weighted by atomic mass is 19.1.